The molecule has 0 saturated carbocycles. The van der Waals surface area contributed by atoms with E-state index in [0.29, 0.717) is 0 Å². The number of azide groups is 1. The molecule has 2 aromatic carbocycles. The van der Waals surface area contributed by atoms with Crippen LogP contribution in [-0.4, -0.2) is 36.4 Å². The molecule has 1 aliphatic rings. The maximum atomic E-state index is 12.0. The average Bonchev–Trinajstić information content (AvgIpc) is 2.98. The molecule has 0 spiro atoms. The lowest BCUT2D eigenvalue weighted by Gasteiger charge is -2.16. The van der Waals surface area contributed by atoms with Crippen LogP contribution in [0.1, 0.15) is 17.0 Å². The van der Waals surface area contributed by atoms with Gasteiger partial charge in [0.25, 0.3) is 0 Å². The lowest BCUT2D eigenvalue weighted by atomic mass is 9.98. The number of fused-ring (bicyclic) bond motifs is 3. The number of carbonyl (C=O) groups excluding carboxylic acids is 2. The van der Waals surface area contributed by atoms with Gasteiger partial charge in [0.05, 0.1) is 6.61 Å². The summed E-state index contributed by atoms with van der Waals surface area (Å²) in [5.41, 5.74) is 12.6. The predicted molar refractivity (Wildman–Crippen MR) is 93.2 cm³/mol. The minimum absolute atomic E-state index is 0.0771. The Balaban J connectivity index is 1.71. The number of aliphatic hydroxyl groups is 1. The van der Waals surface area contributed by atoms with E-state index in [9.17, 15) is 9.59 Å². The van der Waals surface area contributed by atoms with Crippen LogP contribution < -0.4 is 5.32 Å². The number of amides is 2. The molecular formula is C18H16N4O4. The lowest BCUT2D eigenvalue weighted by Crippen LogP contribution is -2.43. The van der Waals surface area contributed by atoms with E-state index in [2.05, 4.69) is 15.3 Å². The molecule has 26 heavy (non-hydrogen) atoms. The third kappa shape index (κ3) is 3.37. The quantitative estimate of drug-likeness (QED) is 0.487. The number of benzene rings is 2. The van der Waals surface area contributed by atoms with E-state index in [1.54, 1.807) is 0 Å². The van der Waals surface area contributed by atoms with Crippen molar-refractivity contribution < 1.29 is 19.4 Å². The van der Waals surface area contributed by atoms with E-state index < -0.39 is 24.6 Å². The molecule has 3 rings (SSSR count). The number of ether oxygens (including phenoxy) is 1. The van der Waals surface area contributed by atoms with E-state index >= 15 is 0 Å². The molecule has 0 bridgehead atoms. The first kappa shape index (κ1) is 17.5. The van der Waals surface area contributed by atoms with Gasteiger partial charge in [-0.1, -0.05) is 48.5 Å². The SMILES string of the molecule is [N-]=[N+]=NC(=O)[C@H](CO)NC(=O)OCC1c2ccccc2-c2ccccc21. The number of aliphatic hydroxyl groups excluding tert-OH is 1. The van der Waals surface area contributed by atoms with Gasteiger partial charge in [0.1, 0.15) is 12.6 Å². The largest absolute Gasteiger partial charge is 0.449 e. The van der Waals surface area contributed by atoms with Gasteiger partial charge in [-0.15, -0.1) is 0 Å². The highest BCUT2D eigenvalue weighted by atomic mass is 16.5. The first-order valence-electron chi connectivity index (χ1n) is 7.97. The molecule has 0 unspecified atom stereocenters. The zero-order chi connectivity index (χ0) is 18.5. The molecule has 8 heteroatoms. The predicted octanol–water partition coefficient (Wildman–Crippen LogP) is 2.72. The van der Waals surface area contributed by atoms with Crippen LogP contribution in [0.25, 0.3) is 21.6 Å². The van der Waals surface area contributed by atoms with Crippen LogP contribution in [0.3, 0.4) is 0 Å². The Morgan fingerprint density at radius 1 is 1.15 bits per heavy atom. The van der Waals surface area contributed by atoms with E-state index in [4.69, 9.17) is 15.4 Å². The van der Waals surface area contributed by atoms with Crippen molar-refractivity contribution in [2.75, 3.05) is 13.2 Å². The van der Waals surface area contributed by atoms with Crippen LogP contribution in [0, 0.1) is 0 Å². The van der Waals surface area contributed by atoms with Crippen LogP contribution in [0.15, 0.2) is 53.6 Å². The molecule has 0 aromatic heterocycles. The molecule has 2 N–H and O–H groups in total. The van der Waals surface area contributed by atoms with Gasteiger partial charge in [-0.3, -0.25) is 4.79 Å². The Bertz CT molecular complexity index is 847. The summed E-state index contributed by atoms with van der Waals surface area (Å²) in [6.45, 7) is -0.615. The molecule has 1 atom stereocenters. The average molecular weight is 352 g/mol. The summed E-state index contributed by atoms with van der Waals surface area (Å²) in [5, 5.41) is 14.2. The molecule has 8 nitrogen and oxygen atoms in total. The third-order valence-corrected chi connectivity index (χ3v) is 4.26. The molecule has 0 heterocycles. The van der Waals surface area contributed by atoms with E-state index in [1.165, 1.54) is 0 Å². The number of hydrogen-bond donors (Lipinski definition) is 2. The summed E-state index contributed by atoms with van der Waals surface area (Å²) in [6, 6.07) is 14.5. The molecule has 2 aromatic rings. The molecule has 0 radical (unpaired) electrons. The van der Waals surface area contributed by atoms with Gasteiger partial charge < -0.3 is 15.2 Å². The van der Waals surface area contributed by atoms with Gasteiger partial charge in [-0.25, -0.2) is 4.79 Å². The lowest BCUT2D eigenvalue weighted by molar-refractivity contribution is -0.120. The Labute approximate surface area is 149 Å². The van der Waals surface area contributed by atoms with Crippen LogP contribution in [0.2, 0.25) is 0 Å². The summed E-state index contributed by atoms with van der Waals surface area (Å²) in [5.74, 6) is -1.10. The number of alkyl carbamates (subject to hydrolysis) is 1. The van der Waals surface area contributed by atoms with Crippen molar-refractivity contribution >= 4 is 12.0 Å². The molecule has 0 fully saturated rings. The highest BCUT2D eigenvalue weighted by Gasteiger charge is 2.29. The topological polar surface area (TPSA) is 124 Å². The number of hydrogen-bond acceptors (Lipinski definition) is 4. The highest BCUT2D eigenvalue weighted by Crippen LogP contribution is 2.44. The summed E-state index contributed by atoms with van der Waals surface area (Å²) >= 11 is 0. The number of nitrogens with one attached hydrogen (secondary N) is 1. The van der Waals surface area contributed by atoms with Crippen LogP contribution in [0.4, 0.5) is 4.79 Å². The standard InChI is InChI=1S/C18H16N4O4/c19-22-21-17(24)16(9-23)20-18(25)26-10-15-13-7-3-1-5-11(13)12-6-2-4-8-14(12)15/h1-8,15-16,23H,9-10H2,(H,20,25)/t16-/m0/s1. The van der Waals surface area contributed by atoms with Gasteiger partial charge in [0, 0.05) is 10.8 Å². The van der Waals surface area contributed by atoms with E-state index in [-0.39, 0.29) is 12.5 Å². The summed E-state index contributed by atoms with van der Waals surface area (Å²) in [6.07, 6.45) is -0.868. The zero-order valence-electron chi connectivity index (χ0n) is 13.7. The molecular weight excluding hydrogens is 336 g/mol. The summed E-state index contributed by atoms with van der Waals surface area (Å²) < 4.78 is 5.25. The molecule has 0 saturated heterocycles. The Kier molecular flexibility index (Phi) is 5.17. The summed E-state index contributed by atoms with van der Waals surface area (Å²) in [4.78, 5) is 25.8. The molecule has 132 valence electrons. The normalized spacial score (nSPS) is 13.1. The van der Waals surface area contributed by atoms with Crippen molar-refractivity contribution in [3.8, 4) is 11.1 Å². The van der Waals surface area contributed by atoms with E-state index in [0.717, 1.165) is 22.3 Å². The van der Waals surface area contributed by atoms with Crippen molar-refractivity contribution in [1.82, 2.24) is 5.32 Å². The maximum Gasteiger partial charge on any atom is 0.407 e. The van der Waals surface area contributed by atoms with Gasteiger partial charge in [-0.2, -0.15) is 0 Å². The van der Waals surface area contributed by atoms with Gasteiger partial charge >= 0.3 is 6.09 Å². The van der Waals surface area contributed by atoms with Crippen molar-refractivity contribution in [3.05, 3.63) is 70.1 Å². The van der Waals surface area contributed by atoms with Gasteiger partial charge in [0.2, 0.25) is 5.91 Å². The number of nitrogens with zero attached hydrogens (tertiary/aromatic N) is 3. The van der Waals surface area contributed by atoms with Crippen molar-refractivity contribution in [2.24, 2.45) is 5.11 Å². The first-order valence-corrected chi connectivity index (χ1v) is 7.97. The zero-order valence-corrected chi connectivity index (χ0v) is 13.7. The highest BCUT2D eigenvalue weighted by molar-refractivity contribution is 5.86. The molecule has 1 aliphatic carbocycles. The number of carbonyl (C=O) groups is 2. The Hall–Kier alpha value is -3.35. The smallest absolute Gasteiger partial charge is 0.407 e. The van der Waals surface area contributed by atoms with Gasteiger partial charge in [-0.05, 0) is 32.9 Å². The minimum Gasteiger partial charge on any atom is -0.449 e. The monoisotopic (exact) mass is 352 g/mol. The van der Waals surface area contributed by atoms with Crippen molar-refractivity contribution in [3.63, 3.8) is 0 Å². The third-order valence-electron chi connectivity index (χ3n) is 4.26. The van der Waals surface area contributed by atoms with Crippen molar-refractivity contribution in [2.45, 2.75) is 12.0 Å². The Morgan fingerprint density at radius 3 is 2.27 bits per heavy atom. The minimum atomic E-state index is -1.33. The van der Waals surface area contributed by atoms with Gasteiger partial charge in [0.15, 0.2) is 0 Å². The van der Waals surface area contributed by atoms with Crippen LogP contribution in [-0.2, 0) is 9.53 Å². The number of rotatable bonds is 5. The first-order chi connectivity index (χ1) is 12.7. The second-order valence-electron chi connectivity index (χ2n) is 5.73. The van der Waals surface area contributed by atoms with E-state index in [1.807, 2.05) is 48.5 Å². The fraction of sp³-hybridized carbons (Fsp3) is 0.222. The fourth-order valence-corrected chi connectivity index (χ4v) is 3.08. The molecule has 0 aliphatic heterocycles. The second-order valence-corrected chi connectivity index (χ2v) is 5.73. The second kappa shape index (κ2) is 7.69. The fourth-order valence-electron chi connectivity index (χ4n) is 3.08. The molecule has 2 amide bonds. The maximum absolute atomic E-state index is 12.0. The van der Waals surface area contributed by atoms with Crippen LogP contribution in [0.5, 0.6) is 0 Å². The van der Waals surface area contributed by atoms with Crippen LogP contribution >= 0.6 is 0 Å². The Morgan fingerprint density at radius 2 is 1.73 bits per heavy atom. The van der Waals surface area contributed by atoms with Crippen molar-refractivity contribution in [1.29, 1.82) is 0 Å². The summed E-state index contributed by atoms with van der Waals surface area (Å²) in [7, 11) is 0.